The summed E-state index contributed by atoms with van der Waals surface area (Å²) in [6.07, 6.45) is 0. The first-order valence-electron chi connectivity index (χ1n) is 3.09. The Morgan fingerprint density at radius 3 is 1.90 bits per heavy atom. The number of primary sulfonamides is 1. The average molecular weight is 166 g/mol. The molecule has 0 fully saturated rings. The lowest BCUT2D eigenvalue weighted by molar-refractivity contribution is 0.516. The first kappa shape index (κ1) is 9.87. The van der Waals surface area contributed by atoms with Gasteiger partial charge in [-0.1, -0.05) is 13.8 Å². The molecule has 4 N–H and O–H groups in total. The van der Waals surface area contributed by atoms with Gasteiger partial charge >= 0.3 is 0 Å². The maximum Gasteiger partial charge on any atom is 0.210 e. The molecule has 1 atom stereocenters. The van der Waals surface area contributed by atoms with E-state index in [1.54, 1.807) is 0 Å². The monoisotopic (exact) mass is 166 g/mol. The predicted molar refractivity (Wildman–Crippen MR) is 40.8 cm³/mol. The molecular weight excluding hydrogens is 152 g/mol. The van der Waals surface area contributed by atoms with Crippen molar-refractivity contribution in [3.8, 4) is 0 Å². The van der Waals surface area contributed by atoms with E-state index in [0.29, 0.717) is 0 Å². The van der Waals surface area contributed by atoms with E-state index >= 15 is 0 Å². The zero-order valence-corrected chi connectivity index (χ0v) is 7.06. The van der Waals surface area contributed by atoms with Gasteiger partial charge in [-0.15, -0.1) is 0 Å². The standard InChI is InChI=1S/C5H14N2O2S/c1-4(2)5(6)3-10(7,8)9/h4-5H,3,6H2,1-2H3,(H2,7,8,9)/t5-/m0/s1. The number of hydrogen-bond donors (Lipinski definition) is 2. The van der Waals surface area contributed by atoms with Crippen molar-refractivity contribution in [2.75, 3.05) is 5.75 Å². The second-order valence-corrected chi connectivity index (χ2v) is 4.40. The van der Waals surface area contributed by atoms with Crippen LogP contribution in [0.1, 0.15) is 13.8 Å². The summed E-state index contributed by atoms with van der Waals surface area (Å²) in [4.78, 5) is 0. The molecule has 0 bridgehead atoms. The van der Waals surface area contributed by atoms with Crippen LogP contribution in [0.5, 0.6) is 0 Å². The zero-order chi connectivity index (χ0) is 8.36. The Bertz CT molecular complexity index is 186. The highest BCUT2D eigenvalue weighted by molar-refractivity contribution is 7.89. The Balaban J connectivity index is 3.93. The summed E-state index contributed by atoms with van der Waals surface area (Å²) in [7, 11) is -3.39. The Morgan fingerprint density at radius 1 is 1.40 bits per heavy atom. The quantitative estimate of drug-likeness (QED) is 0.579. The molecule has 0 amide bonds. The number of hydrogen-bond acceptors (Lipinski definition) is 3. The van der Waals surface area contributed by atoms with E-state index in [0.717, 1.165) is 0 Å². The lowest BCUT2D eigenvalue weighted by Gasteiger charge is -2.12. The normalized spacial score (nSPS) is 15.7. The maximum atomic E-state index is 10.4. The molecule has 0 spiro atoms. The molecule has 0 heterocycles. The van der Waals surface area contributed by atoms with E-state index in [1.165, 1.54) is 0 Å². The Kier molecular flexibility index (Phi) is 3.27. The molecule has 0 aromatic heterocycles. The first-order chi connectivity index (χ1) is 4.33. The second-order valence-electron chi connectivity index (χ2n) is 2.74. The molecule has 0 unspecified atom stereocenters. The minimum absolute atomic E-state index is 0.134. The molecule has 0 aliphatic heterocycles. The predicted octanol–water partition coefficient (Wildman–Crippen LogP) is -0.742. The highest BCUT2D eigenvalue weighted by atomic mass is 32.2. The van der Waals surface area contributed by atoms with Crippen LogP contribution in [-0.2, 0) is 10.0 Å². The Morgan fingerprint density at radius 2 is 1.80 bits per heavy atom. The molecular formula is C5H14N2O2S. The van der Waals surface area contributed by atoms with Crippen LogP contribution in [0.15, 0.2) is 0 Å². The molecule has 0 rings (SSSR count). The van der Waals surface area contributed by atoms with Crippen molar-refractivity contribution in [3.63, 3.8) is 0 Å². The van der Waals surface area contributed by atoms with Crippen molar-refractivity contribution in [2.24, 2.45) is 16.8 Å². The van der Waals surface area contributed by atoms with Crippen molar-refractivity contribution >= 4 is 10.0 Å². The smallest absolute Gasteiger partial charge is 0.210 e. The molecule has 62 valence electrons. The molecule has 4 nitrogen and oxygen atoms in total. The fourth-order valence-corrected chi connectivity index (χ4v) is 1.38. The molecule has 0 radical (unpaired) electrons. The summed E-state index contributed by atoms with van der Waals surface area (Å²) in [5, 5.41) is 4.77. The number of sulfonamides is 1. The van der Waals surface area contributed by atoms with E-state index in [4.69, 9.17) is 10.9 Å². The molecule has 10 heavy (non-hydrogen) atoms. The second kappa shape index (κ2) is 3.32. The summed E-state index contributed by atoms with van der Waals surface area (Å²) in [5.41, 5.74) is 5.44. The van der Waals surface area contributed by atoms with Gasteiger partial charge in [0.15, 0.2) is 0 Å². The van der Waals surface area contributed by atoms with Crippen LogP contribution < -0.4 is 10.9 Å². The zero-order valence-electron chi connectivity index (χ0n) is 6.24. The van der Waals surface area contributed by atoms with Crippen LogP contribution >= 0.6 is 0 Å². The fraction of sp³-hybridized carbons (Fsp3) is 1.00. The highest BCUT2D eigenvalue weighted by Crippen LogP contribution is 1.99. The van der Waals surface area contributed by atoms with Gasteiger partial charge in [-0.25, -0.2) is 13.6 Å². The van der Waals surface area contributed by atoms with Crippen molar-refractivity contribution < 1.29 is 8.42 Å². The van der Waals surface area contributed by atoms with Crippen LogP contribution in [0.25, 0.3) is 0 Å². The topological polar surface area (TPSA) is 86.2 Å². The summed E-state index contributed by atoms with van der Waals surface area (Å²) in [5.74, 6) is 0.0170. The third-order valence-electron chi connectivity index (χ3n) is 1.28. The summed E-state index contributed by atoms with van der Waals surface area (Å²) >= 11 is 0. The van der Waals surface area contributed by atoms with Gasteiger partial charge in [-0.2, -0.15) is 0 Å². The third kappa shape index (κ3) is 4.72. The summed E-state index contributed by atoms with van der Waals surface area (Å²) < 4.78 is 20.9. The van der Waals surface area contributed by atoms with Gasteiger partial charge in [0.05, 0.1) is 5.75 Å². The van der Waals surface area contributed by atoms with Gasteiger partial charge < -0.3 is 5.73 Å². The SMILES string of the molecule is CC(C)[C@@H](N)CS(N)(=O)=O. The van der Waals surface area contributed by atoms with Crippen molar-refractivity contribution in [1.29, 1.82) is 0 Å². The molecule has 5 heteroatoms. The molecule has 0 aliphatic rings. The minimum atomic E-state index is -3.39. The van der Waals surface area contributed by atoms with E-state index in [2.05, 4.69) is 0 Å². The molecule has 0 saturated carbocycles. The minimum Gasteiger partial charge on any atom is -0.326 e. The fourth-order valence-electron chi connectivity index (χ4n) is 0.461. The number of nitrogens with two attached hydrogens (primary N) is 2. The summed E-state index contributed by atoms with van der Waals surface area (Å²) in [6, 6.07) is -0.352. The average Bonchev–Trinajstić information content (AvgIpc) is 1.60. The van der Waals surface area contributed by atoms with Crippen LogP contribution in [0.4, 0.5) is 0 Å². The van der Waals surface area contributed by atoms with Crippen LogP contribution in [0, 0.1) is 5.92 Å². The van der Waals surface area contributed by atoms with Gasteiger partial charge in [0.1, 0.15) is 0 Å². The van der Waals surface area contributed by atoms with E-state index in [1.807, 2.05) is 13.8 Å². The highest BCUT2D eigenvalue weighted by Gasteiger charge is 2.13. The van der Waals surface area contributed by atoms with E-state index in [9.17, 15) is 8.42 Å². The summed E-state index contributed by atoms with van der Waals surface area (Å²) in [6.45, 7) is 3.71. The molecule has 0 aliphatic carbocycles. The van der Waals surface area contributed by atoms with Crippen LogP contribution in [-0.4, -0.2) is 20.2 Å². The van der Waals surface area contributed by atoms with Crippen LogP contribution in [0.2, 0.25) is 0 Å². The van der Waals surface area contributed by atoms with Gasteiger partial charge in [0.25, 0.3) is 0 Å². The molecule has 0 saturated heterocycles. The molecule has 0 aromatic carbocycles. The lowest BCUT2D eigenvalue weighted by atomic mass is 10.1. The third-order valence-corrected chi connectivity index (χ3v) is 2.13. The van der Waals surface area contributed by atoms with Gasteiger partial charge in [0.2, 0.25) is 10.0 Å². The van der Waals surface area contributed by atoms with Crippen molar-refractivity contribution in [1.82, 2.24) is 0 Å². The van der Waals surface area contributed by atoms with Crippen LogP contribution in [0.3, 0.4) is 0 Å². The maximum absolute atomic E-state index is 10.4. The molecule has 0 aromatic rings. The van der Waals surface area contributed by atoms with Crippen molar-refractivity contribution in [2.45, 2.75) is 19.9 Å². The Labute approximate surface area is 61.6 Å². The van der Waals surface area contributed by atoms with Gasteiger partial charge in [-0.05, 0) is 5.92 Å². The van der Waals surface area contributed by atoms with E-state index in [-0.39, 0.29) is 17.7 Å². The van der Waals surface area contributed by atoms with E-state index < -0.39 is 10.0 Å². The largest absolute Gasteiger partial charge is 0.326 e. The number of rotatable bonds is 3. The van der Waals surface area contributed by atoms with Gasteiger partial charge in [0, 0.05) is 6.04 Å². The van der Waals surface area contributed by atoms with Crippen molar-refractivity contribution in [3.05, 3.63) is 0 Å². The van der Waals surface area contributed by atoms with Gasteiger partial charge in [-0.3, -0.25) is 0 Å². The first-order valence-corrected chi connectivity index (χ1v) is 4.80. The lowest BCUT2D eigenvalue weighted by Crippen LogP contribution is -2.37. The Hall–Kier alpha value is -0.130.